The standard InChI is InChI=1S/C15H23NO3/c1-11(2)19-14-7-5-4-6-12(14)13(16-3)10-15-17-8-9-18-15/h4-7,11,13,15-16H,8-10H2,1-3H3. The molecular weight excluding hydrogens is 242 g/mol. The Morgan fingerprint density at radius 3 is 2.58 bits per heavy atom. The van der Waals surface area contributed by atoms with Crippen molar-refractivity contribution in [2.45, 2.75) is 38.7 Å². The van der Waals surface area contributed by atoms with Gasteiger partial charge in [0.05, 0.1) is 19.3 Å². The molecule has 1 unspecified atom stereocenters. The minimum Gasteiger partial charge on any atom is -0.491 e. The monoisotopic (exact) mass is 265 g/mol. The van der Waals surface area contributed by atoms with Crippen LogP contribution in [0.4, 0.5) is 0 Å². The minimum atomic E-state index is -0.121. The van der Waals surface area contributed by atoms with Crippen LogP contribution in [0.25, 0.3) is 0 Å². The highest BCUT2D eigenvalue weighted by molar-refractivity contribution is 5.36. The number of ether oxygens (including phenoxy) is 3. The molecule has 1 heterocycles. The first-order valence-corrected chi connectivity index (χ1v) is 6.86. The lowest BCUT2D eigenvalue weighted by Crippen LogP contribution is -2.24. The van der Waals surface area contributed by atoms with Crippen molar-refractivity contribution in [2.24, 2.45) is 0 Å². The Morgan fingerprint density at radius 2 is 1.95 bits per heavy atom. The highest BCUT2D eigenvalue weighted by Gasteiger charge is 2.23. The highest BCUT2D eigenvalue weighted by atomic mass is 16.7. The van der Waals surface area contributed by atoms with Crippen LogP contribution in [0.5, 0.6) is 5.75 Å². The Labute approximate surface area is 115 Å². The van der Waals surface area contributed by atoms with Gasteiger partial charge in [-0.25, -0.2) is 0 Å². The largest absolute Gasteiger partial charge is 0.491 e. The van der Waals surface area contributed by atoms with Crippen LogP contribution in [0.1, 0.15) is 31.9 Å². The van der Waals surface area contributed by atoms with E-state index in [-0.39, 0.29) is 18.4 Å². The van der Waals surface area contributed by atoms with E-state index in [1.54, 1.807) is 0 Å². The molecule has 0 bridgehead atoms. The summed E-state index contributed by atoms with van der Waals surface area (Å²) in [5.74, 6) is 0.926. The summed E-state index contributed by atoms with van der Waals surface area (Å²) >= 11 is 0. The lowest BCUT2D eigenvalue weighted by molar-refractivity contribution is -0.0527. The maximum atomic E-state index is 5.87. The second-order valence-electron chi connectivity index (χ2n) is 4.95. The lowest BCUT2D eigenvalue weighted by Gasteiger charge is -2.23. The van der Waals surface area contributed by atoms with Gasteiger partial charge >= 0.3 is 0 Å². The molecule has 1 saturated heterocycles. The highest BCUT2D eigenvalue weighted by Crippen LogP contribution is 2.30. The number of benzene rings is 1. The Bertz CT molecular complexity index is 389. The Kier molecular flexibility index (Phi) is 5.19. The molecule has 1 aromatic rings. The Morgan fingerprint density at radius 1 is 1.26 bits per heavy atom. The fourth-order valence-corrected chi connectivity index (χ4v) is 2.27. The summed E-state index contributed by atoms with van der Waals surface area (Å²) in [5, 5.41) is 3.32. The molecular formula is C15H23NO3. The third-order valence-corrected chi connectivity index (χ3v) is 3.12. The molecule has 106 valence electrons. The summed E-state index contributed by atoms with van der Waals surface area (Å²) in [4.78, 5) is 0. The molecule has 1 aliphatic heterocycles. The zero-order chi connectivity index (χ0) is 13.7. The van der Waals surface area contributed by atoms with Gasteiger partial charge in [-0.1, -0.05) is 18.2 Å². The van der Waals surface area contributed by atoms with Gasteiger partial charge in [0, 0.05) is 18.0 Å². The molecule has 1 aromatic carbocycles. The van der Waals surface area contributed by atoms with Crippen molar-refractivity contribution < 1.29 is 14.2 Å². The maximum absolute atomic E-state index is 5.87. The smallest absolute Gasteiger partial charge is 0.159 e. The van der Waals surface area contributed by atoms with Gasteiger partial charge in [0.1, 0.15) is 5.75 Å². The van der Waals surface area contributed by atoms with Crippen LogP contribution in [-0.2, 0) is 9.47 Å². The van der Waals surface area contributed by atoms with Gasteiger partial charge < -0.3 is 19.5 Å². The van der Waals surface area contributed by atoms with E-state index in [9.17, 15) is 0 Å². The number of nitrogens with one attached hydrogen (secondary N) is 1. The SMILES string of the molecule is CNC(CC1OCCO1)c1ccccc1OC(C)C. The molecule has 19 heavy (non-hydrogen) atoms. The maximum Gasteiger partial charge on any atom is 0.159 e. The van der Waals surface area contributed by atoms with Gasteiger partial charge in [-0.2, -0.15) is 0 Å². The first kappa shape index (κ1) is 14.3. The van der Waals surface area contributed by atoms with Crippen molar-refractivity contribution in [3.05, 3.63) is 29.8 Å². The average molecular weight is 265 g/mol. The third-order valence-electron chi connectivity index (χ3n) is 3.12. The topological polar surface area (TPSA) is 39.7 Å². The summed E-state index contributed by atoms with van der Waals surface area (Å²) in [7, 11) is 1.95. The van der Waals surface area contributed by atoms with Crippen molar-refractivity contribution in [3.63, 3.8) is 0 Å². The van der Waals surface area contributed by atoms with Crippen LogP contribution in [0.3, 0.4) is 0 Å². The number of rotatable bonds is 6. The molecule has 0 radical (unpaired) electrons. The molecule has 0 spiro atoms. The molecule has 1 atom stereocenters. The molecule has 0 aliphatic carbocycles. The van der Waals surface area contributed by atoms with E-state index in [1.165, 1.54) is 0 Å². The van der Waals surface area contributed by atoms with Crippen LogP contribution >= 0.6 is 0 Å². The summed E-state index contributed by atoms with van der Waals surface area (Å²) in [6.45, 7) is 5.44. The summed E-state index contributed by atoms with van der Waals surface area (Å²) in [6.07, 6.45) is 0.830. The molecule has 0 saturated carbocycles. The number of hydrogen-bond acceptors (Lipinski definition) is 4. The molecule has 4 nitrogen and oxygen atoms in total. The van der Waals surface area contributed by atoms with Crippen LogP contribution in [0.2, 0.25) is 0 Å². The van der Waals surface area contributed by atoms with Crippen LogP contribution < -0.4 is 10.1 Å². The van der Waals surface area contributed by atoms with Gasteiger partial charge in [0.25, 0.3) is 0 Å². The third kappa shape index (κ3) is 3.93. The van der Waals surface area contributed by atoms with Crippen LogP contribution in [-0.4, -0.2) is 32.7 Å². The van der Waals surface area contributed by atoms with E-state index in [1.807, 2.05) is 39.1 Å². The minimum absolute atomic E-state index is 0.121. The fraction of sp³-hybridized carbons (Fsp3) is 0.600. The van der Waals surface area contributed by atoms with Gasteiger partial charge in [-0.15, -0.1) is 0 Å². The first-order chi connectivity index (χ1) is 9.20. The molecule has 1 N–H and O–H groups in total. The Hall–Kier alpha value is -1.10. The van der Waals surface area contributed by atoms with Gasteiger partial charge in [0.15, 0.2) is 6.29 Å². The van der Waals surface area contributed by atoms with Gasteiger partial charge in [0.2, 0.25) is 0 Å². The quantitative estimate of drug-likeness (QED) is 0.858. The van der Waals surface area contributed by atoms with Gasteiger partial charge in [-0.05, 0) is 27.0 Å². The van der Waals surface area contributed by atoms with Gasteiger partial charge in [-0.3, -0.25) is 0 Å². The van der Waals surface area contributed by atoms with Crippen molar-refractivity contribution in [3.8, 4) is 5.75 Å². The molecule has 1 fully saturated rings. The number of para-hydroxylation sites is 1. The zero-order valence-corrected chi connectivity index (χ0v) is 11.9. The predicted molar refractivity (Wildman–Crippen MR) is 74.3 cm³/mol. The number of hydrogen-bond donors (Lipinski definition) is 1. The van der Waals surface area contributed by atoms with E-state index in [0.29, 0.717) is 13.2 Å². The van der Waals surface area contributed by atoms with Crippen LogP contribution in [0, 0.1) is 0 Å². The normalized spacial score (nSPS) is 17.9. The molecule has 4 heteroatoms. The molecule has 0 aromatic heterocycles. The predicted octanol–water partition coefficient (Wildman–Crippen LogP) is 2.50. The summed E-state index contributed by atoms with van der Waals surface area (Å²) < 4.78 is 16.9. The van der Waals surface area contributed by atoms with Crippen molar-refractivity contribution >= 4 is 0 Å². The van der Waals surface area contributed by atoms with E-state index < -0.39 is 0 Å². The Balaban J connectivity index is 2.12. The summed E-state index contributed by atoms with van der Waals surface area (Å²) in [5.41, 5.74) is 1.15. The lowest BCUT2D eigenvalue weighted by atomic mass is 10.0. The molecule has 0 amide bonds. The summed E-state index contributed by atoms with van der Waals surface area (Å²) in [6, 6.07) is 8.29. The van der Waals surface area contributed by atoms with Crippen molar-refractivity contribution in [2.75, 3.05) is 20.3 Å². The fourth-order valence-electron chi connectivity index (χ4n) is 2.27. The molecule has 1 aliphatic rings. The second-order valence-corrected chi connectivity index (χ2v) is 4.95. The first-order valence-electron chi connectivity index (χ1n) is 6.86. The van der Waals surface area contributed by atoms with E-state index in [0.717, 1.165) is 17.7 Å². The van der Waals surface area contributed by atoms with Crippen molar-refractivity contribution in [1.82, 2.24) is 5.32 Å². The average Bonchev–Trinajstić information content (AvgIpc) is 2.89. The van der Waals surface area contributed by atoms with Crippen molar-refractivity contribution in [1.29, 1.82) is 0 Å². The van der Waals surface area contributed by atoms with Crippen LogP contribution in [0.15, 0.2) is 24.3 Å². The van der Waals surface area contributed by atoms with E-state index in [2.05, 4.69) is 11.4 Å². The van der Waals surface area contributed by atoms with E-state index in [4.69, 9.17) is 14.2 Å². The second kappa shape index (κ2) is 6.89. The van der Waals surface area contributed by atoms with E-state index >= 15 is 0 Å². The zero-order valence-electron chi connectivity index (χ0n) is 11.9. The molecule has 2 rings (SSSR count).